The fourth-order valence-electron chi connectivity index (χ4n) is 3.36. The average Bonchev–Trinajstić information content (AvgIpc) is 3.03. The van der Waals surface area contributed by atoms with Gasteiger partial charge in [-0.1, -0.05) is 36.8 Å². The molecule has 1 aliphatic carbocycles. The van der Waals surface area contributed by atoms with Crippen LogP contribution >= 0.6 is 11.3 Å². The molecule has 2 fully saturated rings. The normalized spacial score (nSPS) is 19.2. The van der Waals surface area contributed by atoms with E-state index >= 15 is 0 Å². The van der Waals surface area contributed by atoms with Crippen LogP contribution in [0, 0.1) is 5.92 Å². The Morgan fingerprint density at radius 1 is 1.12 bits per heavy atom. The third kappa shape index (κ3) is 3.37. The fourth-order valence-corrected chi connectivity index (χ4v) is 4.20. The highest BCUT2D eigenvalue weighted by Gasteiger charge is 2.31. The minimum atomic E-state index is 0.323. The Hall–Kier alpha value is -1.72. The van der Waals surface area contributed by atoms with Gasteiger partial charge in [-0.3, -0.25) is 9.69 Å². The Balaban J connectivity index is 1.31. The van der Waals surface area contributed by atoms with Gasteiger partial charge in [0, 0.05) is 43.0 Å². The first kappa shape index (κ1) is 15.8. The number of benzene rings is 1. The van der Waals surface area contributed by atoms with Crippen molar-refractivity contribution in [3.8, 4) is 11.3 Å². The molecule has 0 unspecified atom stereocenters. The van der Waals surface area contributed by atoms with Gasteiger partial charge in [0.25, 0.3) is 0 Å². The summed E-state index contributed by atoms with van der Waals surface area (Å²) in [6.45, 7) is 4.54. The highest BCUT2D eigenvalue weighted by atomic mass is 32.1. The maximum Gasteiger partial charge on any atom is 0.225 e. The highest BCUT2D eigenvalue weighted by Crippen LogP contribution is 2.29. The number of carbonyl (C=O) groups is 1. The number of aromatic nitrogens is 1. The summed E-state index contributed by atoms with van der Waals surface area (Å²) in [5.74, 6) is 0.713. The predicted molar refractivity (Wildman–Crippen MR) is 96.7 cm³/mol. The predicted octanol–water partition coefficient (Wildman–Crippen LogP) is 3.25. The van der Waals surface area contributed by atoms with Crippen molar-refractivity contribution in [2.45, 2.75) is 25.8 Å². The second kappa shape index (κ2) is 7.03. The van der Waals surface area contributed by atoms with Crippen LogP contribution in [0.5, 0.6) is 0 Å². The summed E-state index contributed by atoms with van der Waals surface area (Å²) in [7, 11) is 0. The molecule has 2 aliphatic rings. The molecule has 1 saturated heterocycles. The Morgan fingerprint density at radius 3 is 2.54 bits per heavy atom. The zero-order valence-corrected chi connectivity index (χ0v) is 14.7. The summed E-state index contributed by atoms with van der Waals surface area (Å²) < 4.78 is 0. The maximum absolute atomic E-state index is 12.3. The van der Waals surface area contributed by atoms with Gasteiger partial charge in [0.15, 0.2) is 0 Å². The van der Waals surface area contributed by atoms with Crippen molar-refractivity contribution in [1.82, 2.24) is 14.8 Å². The lowest BCUT2D eigenvalue weighted by Gasteiger charge is -2.38. The topological polar surface area (TPSA) is 36.4 Å². The van der Waals surface area contributed by atoms with Gasteiger partial charge in [0.2, 0.25) is 5.91 Å². The molecule has 1 saturated carbocycles. The van der Waals surface area contributed by atoms with Gasteiger partial charge < -0.3 is 4.90 Å². The van der Waals surface area contributed by atoms with Crippen LogP contribution in [0.2, 0.25) is 0 Å². The van der Waals surface area contributed by atoms with Gasteiger partial charge in [-0.15, -0.1) is 11.3 Å². The first-order valence-electron chi connectivity index (χ1n) is 8.80. The molecule has 0 N–H and O–H groups in total. The van der Waals surface area contributed by atoms with Crippen LogP contribution < -0.4 is 0 Å². The summed E-state index contributed by atoms with van der Waals surface area (Å²) in [5, 5.41) is 3.30. The number of thiazole rings is 1. The number of piperazine rings is 1. The molecular weight excluding hydrogens is 318 g/mol. The molecule has 1 aliphatic heterocycles. The number of amides is 1. The summed E-state index contributed by atoms with van der Waals surface area (Å²) in [4.78, 5) is 21.6. The smallest absolute Gasteiger partial charge is 0.225 e. The first-order valence-corrected chi connectivity index (χ1v) is 9.68. The summed E-state index contributed by atoms with van der Waals surface area (Å²) >= 11 is 1.73. The van der Waals surface area contributed by atoms with Crippen molar-refractivity contribution in [3.63, 3.8) is 0 Å². The minimum Gasteiger partial charge on any atom is -0.340 e. The number of carbonyl (C=O) groups excluding carboxylic acids is 1. The van der Waals surface area contributed by atoms with Crippen molar-refractivity contribution in [2.75, 3.05) is 26.2 Å². The second-order valence-electron chi connectivity index (χ2n) is 6.72. The molecule has 126 valence electrons. The monoisotopic (exact) mass is 341 g/mol. The molecule has 0 bridgehead atoms. The number of rotatable bonds is 4. The lowest BCUT2D eigenvalue weighted by Crippen LogP contribution is -2.50. The van der Waals surface area contributed by atoms with Crippen LogP contribution in [-0.2, 0) is 11.3 Å². The van der Waals surface area contributed by atoms with Gasteiger partial charge in [-0.2, -0.15) is 0 Å². The van der Waals surface area contributed by atoms with Crippen LogP contribution in [0.3, 0.4) is 0 Å². The van der Waals surface area contributed by atoms with Crippen molar-refractivity contribution in [1.29, 1.82) is 0 Å². The molecule has 2 heterocycles. The molecular formula is C19H23N3OS. The van der Waals surface area contributed by atoms with E-state index in [0.29, 0.717) is 11.8 Å². The van der Waals surface area contributed by atoms with Crippen LogP contribution in [-0.4, -0.2) is 46.9 Å². The second-order valence-corrected chi connectivity index (χ2v) is 7.66. The lowest BCUT2D eigenvalue weighted by molar-refractivity contribution is -0.140. The fraction of sp³-hybridized carbons (Fsp3) is 0.474. The lowest BCUT2D eigenvalue weighted by atomic mass is 9.84. The van der Waals surface area contributed by atoms with E-state index in [-0.39, 0.29) is 0 Å². The number of hydrogen-bond acceptors (Lipinski definition) is 4. The van der Waals surface area contributed by atoms with Gasteiger partial charge >= 0.3 is 0 Å². The van der Waals surface area contributed by atoms with E-state index in [2.05, 4.69) is 27.3 Å². The zero-order chi connectivity index (χ0) is 16.4. The van der Waals surface area contributed by atoms with E-state index < -0.39 is 0 Å². The van der Waals surface area contributed by atoms with E-state index in [9.17, 15) is 4.79 Å². The summed E-state index contributed by atoms with van der Waals surface area (Å²) in [6, 6.07) is 10.3. The molecule has 1 amide bonds. The Labute approximate surface area is 147 Å². The van der Waals surface area contributed by atoms with E-state index in [1.807, 2.05) is 18.2 Å². The highest BCUT2D eigenvalue weighted by molar-refractivity contribution is 7.09. The summed E-state index contributed by atoms with van der Waals surface area (Å²) in [5.41, 5.74) is 2.24. The average molecular weight is 341 g/mol. The van der Waals surface area contributed by atoms with Gasteiger partial charge in [-0.05, 0) is 12.8 Å². The minimum absolute atomic E-state index is 0.323. The first-order chi connectivity index (χ1) is 11.8. The molecule has 0 spiro atoms. The van der Waals surface area contributed by atoms with E-state index in [0.717, 1.165) is 56.3 Å². The Kier molecular flexibility index (Phi) is 4.63. The van der Waals surface area contributed by atoms with Crippen LogP contribution in [0.1, 0.15) is 24.3 Å². The number of hydrogen-bond donors (Lipinski definition) is 0. The standard InChI is InChI=1S/C19H23N3OS/c23-19(16-7-4-8-16)22-11-9-21(10-12-22)13-18-20-17(14-24-18)15-5-2-1-3-6-15/h1-3,5-6,14,16H,4,7-13H2. The van der Waals surface area contributed by atoms with E-state index in [4.69, 9.17) is 4.98 Å². The molecule has 2 aromatic rings. The Bertz CT molecular complexity index is 688. The molecule has 0 radical (unpaired) electrons. The van der Waals surface area contributed by atoms with Crippen LogP contribution in [0.15, 0.2) is 35.7 Å². The molecule has 24 heavy (non-hydrogen) atoms. The zero-order valence-electron chi connectivity index (χ0n) is 13.9. The molecule has 1 aromatic carbocycles. The van der Waals surface area contributed by atoms with E-state index in [1.165, 1.54) is 12.0 Å². The third-order valence-corrected chi connectivity index (χ3v) is 5.95. The summed E-state index contributed by atoms with van der Waals surface area (Å²) in [6.07, 6.45) is 3.42. The van der Waals surface area contributed by atoms with Crippen LogP contribution in [0.25, 0.3) is 11.3 Å². The van der Waals surface area contributed by atoms with Crippen molar-refractivity contribution in [3.05, 3.63) is 40.7 Å². The van der Waals surface area contributed by atoms with Crippen molar-refractivity contribution in [2.24, 2.45) is 5.92 Å². The maximum atomic E-state index is 12.3. The van der Waals surface area contributed by atoms with Gasteiger partial charge in [0.05, 0.1) is 12.2 Å². The number of nitrogens with zero attached hydrogens (tertiary/aromatic N) is 3. The van der Waals surface area contributed by atoms with E-state index in [1.54, 1.807) is 11.3 Å². The largest absolute Gasteiger partial charge is 0.340 e. The SMILES string of the molecule is O=C(C1CCC1)N1CCN(Cc2nc(-c3ccccc3)cs2)CC1. The third-order valence-electron chi connectivity index (χ3n) is 5.12. The van der Waals surface area contributed by atoms with Gasteiger partial charge in [0.1, 0.15) is 5.01 Å². The molecule has 4 nitrogen and oxygen atoms in total. The van der Waals surface area contributed by atoms with Crippen molar-refractivity contribution < 1.29 is 4.79 Å². The molecule has 0 atom stereocenters. The molecule has 5 heteroatoms. The van der Waals surface area contributed by atoms with Gasteiger partial charge in [-0.25, -0.2) is 4.98 Å². The van der Waals surface area contributed by atoms with Crippen LogP contribution in [0.4, 0.5) is 0 Å². The quantitative estimate of drug-likeness (QED) is 0.856. The Morgan fingerprint density at radius 2 is 1.88 bits per heavy atom. The molecule has 4 rings (SSSR count). The molecule has 1 aromatic heterocycles. The van der Waals surface area contributed by atoms with Crippen molar-refractivity contribution >= 4 is 17.2 Å².